The predicted molar refractivity (Wildman–Crippen MR) is 90.2 cm³/mol. The van der Waals surface area contributed by atoms with E-state index in [1.54, 1.807) is 0 Å². The molecule has 0 aromatic heterocycles. The third kappa shape index (κ3) is 2.32. The highest BCUT2D eigenvalue weighted by molar-refractivity contribution is 6.30. The van der Waals surface area contributed by atoms with Gasteiger partial charge in [0.25, 0.3) is 0 Å². The first-order valence-corrected chi connectivity index (χ1v) is 8.24. The molecule has 0 fully saturated rings. The minimum atomic E-state index is 0.0909. The van der Waals surface area contributed by atoms with Crippen LogP contribution in [0.1, 0.15) is 24.8 Å². The summed E-state index contributed by atoms with van der Waals surface area (Å²) in [5.41, 5.74) is 3.70. The van der Waals surface area contributed by atoms with Crippen LogP contribution in [-0.4, -0.2) is 12.5 Å². The standard InChI is InChI=1S/C19H18ClNO/c20-16-6-7-17-14(12-16)4-3-11-21(17)18(22)8-5-15-13-19(15)9-1-2-10-19/h1-2,6-7,9-10,12-13H,3-5,8,11H2. The Hall–Kier alpha value is -1.80. The molecule has 22 heavy (non-hydrogen) atoms. The van der Waals surface area contributed by atoms with E-state index in [0.717, 1.165) is 36.5 Å². The maximum absolute atomic E-state index is 12.6. The summed E-state index contributed by atoms with van der Waals surface area (Å²) >= 11 is 6.06. The van der Waals surface area contributed by atoms with Crippen LogP contribution in [-0.2, 0) is 11.2 Å². The molecule has 1 aliphatic heterocycles. The van der Waals surface area contributed by atoms with Crippen LogP contribution in [0, 0.1) is 5.41 Å². The van der Waals surface area contributed by atoms with Crippen LogP contribution in [0.15, 0.2) is 54.2 Å². The lowest BCUT2D eigenvalue weighted by atomic mass is 9.99. The molecule has 3 heteroatoms. The van der Waals surface area contributed by atoms with E-state index in [-0.39, 0.29) is 11.3 Å². The lowest BCUT2D eigenvalue weighted by Crippen LogP contribution is -2.35. The number of rotatable bonds is 3. The Bertz CT molecular complexity index is 717. The second-order valence-corrected chi connectivity index (χ2v) is 6.68. The molecule has 4 rings (SSSR count). The fourth-order valence-electron chi connectivity index (χ4n) is 3.54. The molecule has 2 nitrogen and oxygen atoms in total. The van der Waals surface area contributed by atoms with Crippen LogP contribution < -0.4 is 4.90 Å². The maximum Gasteiger partial charge on any atom is 0.227 e. The van der Waals surface area contributed by atoms with Crippen LogP contribution in [0.25, 0.3) is 0 Å². The van der Waals surface area contributed by atoms with Crippen molar-refractivity contribution in [2.45, 2.75) is 25.7 Å². The molecule has 1 heterocycles. The summed E-state index contributed by atoms with van der Waals surface area (Å²) in [6.07, 6.45) is 14.3. The lowest BCUT2D eigenvalue weighted by molar-refractivity contribution is -0.118. The molecule has 1 aromatic carbocycles. The van der Waals surface area contributed by atoms with Gasteiger partial charge in [-0.25, -0.2) is 0 Å². The van der Waals surface area contributed by atoms with Gasteiger partial charge in [0.15, 0.2) is 0 Å². The number of anilines is 1. The van der Waals surface area contributed by atoms with Crippen LogP contribution in [0.5, 0.6) is 0 Å². The van der Waals surface area contributed by atoms with Crippen molar-refractivity contribution in [1.82, 2.24) is 0 Å². The number of amides is 1. The number of benzene rings is 1. The summed E-state index contributed by atoms with van der Waals surface area (Å²) in [5, 5.41) is 0.748. The minimum absolute atomic E-state index is 0.0909. The molecular weight excluding hydrogens is 294 g/mol. The molecule has 0 N–H and O–H groups in total. The molecule has 0 unspecified atom stereocenters. The first-order valence-electron chi connectivity index (χ1n) is 7.86. The molecule has 0 saturated carbocycles. The van der Waals surface area contributed by atoms with Crippen LogP contribution in [0.3, 0.4) is 0 Å². The quantitative estimate of drug-likeness (QED) is 0.755. The largest absolute Gasteiger partial charge is 0.312 e. The molecular formula is C19H18ClNO. The Morgan fingerprint density at radius 1 is 1.27 bits per heavy atom. The Morgan fingerprint density at radius 3 is 2.91 bits per heavy atom. The molecule has 112 valence electrons. The fraction of sp³-hybridized carbons (Fsp3) is 0.316. The van der Waals surface area contributed by atoms with Gasteiger partial charge in [-0.1, -0.05) is 47.6 Å². The molecule has 2 aliphatic carbocycles. The third-order valence-corrected chi connectivity index (χ3v) is 5.05. The van der Waals surface area contributed by atoms with Gasteiger partial charge in [-0.15, -0.1) is 0 Å². The van der Waals surface area contributed by atoms with Gasteiger partial charge in [-0.3, -0.25) is 4.79 Å². The first kappa shape index (κ1) is 13.8. The number of aryl methyl sites for hydroxylation is 1. The van der Waals surface area contributed by atoms with Gasteiger partial charge >= 0.3 is 0 Å². The Morgan fingerprint density at radius 2 is 2.09 bits per heavy atom. The molecule has 3 aliphatic rings. The van der Waals surface area contributed by atoms with Crippen molar-refractivity contribution >= 4 is 23.2 Å². The fourth-order valence-corrected chi connectivity index (χ4v) is 3.73. The molecule has 0 bridgehead atoms. The number of fused-ring (bicyclic) bond motifs is 1. The molecule has 1 amide bonds. The average molecular weight is 312 g/mol. The Balaban J connectivity index is 1.43. The predicted octanol–water partition coefficient (Wildman–Crippen LogP) is 4.45. The number of carbonyl (C=O) groups is 1. The monoisotopic (exact) mass is 311 g/mol. The minimum Gasteiger partial charge on any atom is -0.312 e. The first-order chi connectivity index (χ1) is 10.7. The smallest absolute Gasteiger partial charge is 0.227 e. The number of allylic oxidation sites excluding steroid dienone is 6. The molecule has 1 spiro atoms. The summed E-state index contributed by atoms with van der Waals surface area (Å²) in [6, 6.07) is 5.84. The molecule has 0 atom stereocenters. The van der Waals surface area contributed by atoms with Crippen molar-refractivity contribution in [1.29, 1.82) is 0 Å². The number of halogens is 1. The highest BCUT2D eigenvalue weighted by Crippen LogP contribution is 2.51. The van der Waals surface area contributed by atoms with Gasteiger partial charge in [-0.2, -0.15) is 0 Å². The van der Waals surface area contributed by atoms with E-state index in [1.807, 2.05) is 23.1 Å². The van der Waals surface area contributed by atoms with Gasteiger partial charge in [0.2, 0.25) is 5.91 Å². The van der Waals surface area contributed by atoms with E-state index in [1.165, 1.54) is 11.1 Å². The topological polar surface area (TPSA) is 20.3 Å². The van der Waals surface area contributed by atoms with E-state index in [0.29, 0.717) is 6.42 Å². The van der Waals surface area contributed by atoms with Gasteiger partial charge in [0.1, 0.15) is 0 Å². The van der Waals surface area contributed by atoms with Crippen molar-refractivity contribution in [2.24, 2.45) is 5.41 Å². The van der Waals surface area contributed by atoms with E-state index >= 15 is 0 Å². The van der Waals surface area contributed by atoms with Gasteiger partial charge in [-0.05, 0) is 43.0 Å². The summed E-state index contributed by atoms with van der Waals surface area (Å²) in [6.45, 7) is 0.817. The molecule has 1 aromatic rings. The Kier molecular flexibility index (Phi) is 3.23. The summed E-state index contributed by atoms with van der Waals surface area (Å²) in [7, 11) is 0. The molecule has 0 saturated heterocycles. The summed E-state index contributed by atoms with van der Waals surface area (Å²) in [4.78, 5) is 14.5. The van der Waals surface area contributed by atoms with E-state index in [9.17, 15) is 4.79 Å². The van der Waals surface area contributed by atoms with Crippen LogP contribution in [0.2, 0.25) is 5.02 Å². The number of hydrogen-bond donors (Lipinski definition) is 0. The number of hydrogen-bond acceptors (Lipinski definition) is 1. The number of nitrogens with zero attached hydrogens (tertiary/aromatic N) is 1. The lowest BCUT2D eigenvalue weighted by Gasteiger charge is -2.29. The van der Waals surface area contributed by atoms with Crippen molar-refractivity contribution in [2.75, 3.05) is 11.4 Å². The highest BCUT2D eigenvalue weighted by Gasteiger charge is 2.40. The maximum atomic E-state index is 12.6. The van der Waals surface area contributed by atoms with Crippen molar-refractivity contribution in [3.05, 3.63) is 64.7 Å². The van der Waals surface area contributed by atoms with Crippen LogP contribution >= 0.6 is 11.6 Å². The van der Waals surface area contributed by atoms with Crippen molar-refractivity contribution in [3.63, 3.8) is 0 Å². The summed E-state index contributed by atoms with van der Waals surface area (Å²) < 4.78 is 0. The average Bonchev–Trinajstić information content (AvgIpc) is 2.97. The van der Waals surface area contributed by atoms with Crippen LogP contribution in [0.4, 0.5) is 5.69 Å². The zero-order valence-corrected chi connectivity index (χ0v) is 13.1. The summed E-state index contributed by atoms with van der Waals surface area (Å²) in [5.74, 6) is 0.220. The SMILES string of the molecule is O=C(CCC1=CC12C=CC=C2)N1CCCc2cc(Cl)ccc21. The van der Waals surface area contributed by atoms with E-state index < -0.39 is 0 Å². The van der Waals surface area contributed by atoms with Gasteiger partial charge < -0.3 is 4.90 Å². The molecule has 0 radical (unpaired) electrons. The van der Waals surface area contributed by atoms with E-state index in [4.69, 9.17) is 11.6 Å². The van der Waals surface area contributed by atoms with Crippen molar-refractivity contribution < 1.29 is 4.79 Å². The van der Waals surface area contributed by atoms with Gasteiger partial charge in [0.05, 0.1) is 0 Å². The highest BCUT2D eigenvalue weighted by atomic mass is 35.5. The van der Waals surface area contributed by atoms with Crippen molar-refractivity contribution in [3.8, 4) is 0 Å². The van der Waals surface area contributed by atoms with E-state index in [2.05, 4.69) is 30.4 Å². The normalized spacial score (nSPS) is 20.2. The third-order valence-electron chi connectivity index (χ3n) is 4.81. The van der Waals surface area contributed by atoms with Gasteiger partial charge in [0, 0.05) is 29.1 Å². The zero-order chi connectivity index (χ0) is 15.2. The second kappa shape index (κ2) is 5.13. The second-order valence-electron chi connectivity index (χ2n) is 6.24. The zero-order valence-electron chi connectivity index (χ0n) is 12.4. The Labute approximate surface area is 135 Å². The number of carbonyl (C=O) groups excluding carboxylic acids is 1.